The van der Waals surface area contributed by atoms with Crippen LogP contribution < -0.4 is 0 Å². The van der Waals surface area contributed by atoms with E-state index in [9.17, 15) is 5.11 Å². The van der Waals surface area contributed by atoms with Crippen LogP contribution in [0.2, 0.25) is 0 Å². The Morgan fingerprint density at radius 1 is 0.968 bits per heavy atom. The minimum Gasteiger partial charge on any atom is -0.393 e. The first-order chi connectivity index (χ1) is 14.6. The molecule has 0 spiro atoms. The van der Waals surface area contributed by atoms with Gasteiger partial charge in [0, 0.05) is 0 Å². The van der Waals surface area contributed by atoms with E-state index in [2.05, 4.69) is 54.5 Å². The van der Waals surface area contributed by atoms with E-state index < -0.39 is 0 Å². The lowest BCUT2D eigenvalue weighted by Gasteiger charge is -2.61. The summed E-state index contributed by atoms with van der Waals surface area (Å²) in [6.07, 6.45) is 17.1. The number of hydrogen-bond donors (Lipinski definition) is 1. The molecule has 0 amide bonds. The van der Waals surface area contributed by atoms with E-state index in [1.807, 2.05) is 5.57 Å². The van der Waals surface area contributed by atoms with Crippen LogP contribution in [0.1, 0.15) is 119 Å². The van der Waals surface area contributed by atoms with Crippen molar-refractivity contribution in [2.45, 2.75) is 125 Å². The number of hydrogen-bond acceptors (Lipinski definition) is 1. The fraction of sp³-hybridized carbons (Fsp3) is 0.933. The zero-order valence-corrected chi connectivity index (χ0v) is 21.8. The molecule has 4 aliphatic carbocycles. The predicted octanol–water partition coefficient (Wildman–Crippen LogP) is 8.41. The highest BCUT2D eigenvalue weighted by atomic mass is 16.3. The van der Waals surface area contributed by atoms with Gasteiger partial charge in [-0.2, -0.15) is 0 Å². The predicted molar refractivity (Wildman–Crippen MR) is 133 cm³/mol. The average Bonchev–Trinajstić information content (AvgIpc) is 3.00. The van der Waals surface area contributed by atoms with Crippen LogP contribution in [0.4, 0.5) is 0 Å². The van der Waals surface area contributed by atoms with Crippen molar-refractivity contribution in [3.05, 3.63) is 11.6 Å². The van der Waals surface area contributed by atoms with E-state index in [0.29, 0.717) is 22.2 Å². The van der Waals surface area contributed by atoms with Crippen LogP contribution in [0.5, 0.6) is 0 Å². The van der Waals surface area contributed by atoms with Crippen molar-refractivity contribution >= 4 is 0 Å². The van der Waals surface area contributed by atoms with E-state index in [1.165, 1.54) is 57.8 Å². The molecule has 1 heteroatoms. The molecule has 9 atom stereocenters. The van der Waals surface area contributed by atoms with Gasteiger partial charge in [0.2, 0.25) is 0 Å². The molecule has 0 saturated heterocycles. The van der Waals surface area contributed by atoms with E-state index >= 15 is 0 Å². The standard InChI is InChI=1S/C30H52O/c1-8-22(20(2)3)10-9-21(4)25-14-17-30(7)27-12-11-23-19-24(31)13-16-28(23,5)26(27)15-18-29(25,30)6/h15,20-25,27,31H,8-14,16-19H2,1-7H3/t21-,22+,23+,24+,25-,27-,28+,29-,30+/m1/s1. The third kappa shape index (κ3) is 3.68. The summed E-state index contributed by atoms with van der Waals surface area (Å²) < 4.78 is 0. The molecule has 3 saturated carbocycles. The molecule has 178 valence electrons. The lowest BCUT2D eigenvalue weighted by molar-refractivity contribution is -0.0562. The Balaban J connectivity index is 1.55. The second kappa shape index (κ2) is 8.48. The summed E-state index contributed by atoms with van der Waals surface area (Å²) in [5.74, 6) is 4.97. The lowest BCUT2D eigenvalue weighted by Crippen LogP contribution is -2.53. The van der Waals surface area contributed by atoms with Crippen molar-refractivity contribution < 1.29 is 5.11 Å². The zero-order chi connectivity index (χ0) is 22.6. The molecule has 0 heterocycles. The Morgan fingerprint density at radius 3 is 2.39 bits per heavy atom. The fourth-order valence-electron chi connectivity index (χ4n) is 9.51. The molecule has 0 aromatic carbocycles. The third-order valence-electron chi connectivity index (χ3n) is 12.1. The van der Waals surface area contributed by atoms with Gasteiger partial charge in [-0.3, -0.25) is 0 Å². The molecule has 0 bridgehead atoms. The van der Waals surface area contributed by atoms with Crippen LogP contribution >= 0.6 is 0 Å². The summed E-state index contributed by atoms with van der Waals surface area (Å²) in [6.45, 7) is 17.8. The first kappa shape index (κ1) is 23.8. The first-order valence-corrected chi connectivity index (χ1v) is 14.0. The van der Waals surface area contributed by atoms with Crippen LogP contribution in [0, 0.1) is 51.8 Å². The van der Waals surface area contributed by atoms with E-state index in [0.717, 1.165) is 42.4 Å². The van der Waals surface area contributed by atoms with Gasteiger partial charge in [-0.15, -0.1) is 0 Å². The van der Waals surface area contributed by atoms with Crippen molar-refractivity contribution in [1.82, 2.24) is 0 Å². The maximum Gasteiger partial charge on any atom is 0.0543 e. The van der Waals surface area contributed by atoms with Gasteiger partial charge in [0.15, 0.2) is 0 Å². The van der Waals surface area contributed by atoms with Gasteiger partial charge in [0.25, 0.3) is 0 Å². The first-order valence-electron chi connectivity index (χ1n) is 14.0. The SMILES string of the molecule is CC[C@@H](CC[C@@H](C)[C@H]1CC[C@@]2(C)[C@@H]3CC[C@H]4C[C@@H](O)CC[C@]4(C)C3=CC[C@]12C)C(C)C. The molecule has 1 N–H and O–H groups in total. The normalized spacial score (nSPS) is 46.7. The summed E-state index contributed by atoms with van der Waals surface area (Å²) in [6, 6.07) is 0. The molecule has 0 radical (unpaired) electrons. The summed E-state index contributed by atoms with van der Waals surface area (Å²) in [7, 11) is 0. The molecule has 1 nitrogen and oxygen atoms in total. The average molecular weight is 429 g/mol. The van der Waals surface area contributed by atoms with Crippen molar-refractivity contribution in [3.63, 3.8) is 0 Å². The second-order valence-corrected chi connectivity index (χ2v) is 13.5. The number of rotatable bonds is 6. The van der Waals surface area contributed by atoms with Crippen LogP contribution in [0.25, 0.3) is 0 Å². The Kier molecular flexibility index (Phi) is 6.53. The number of aliphatic hydroxyl groups is 1. The van der Waals surface area contributed by atoms with E-state index in [1.54, 1.807) is 0 Å². The van der Waals surface area contributed by atoms with E-state index in [-0.39, 0.29) is 6.10 Å². The van der Waals surface area contributed by atoms with Gasteiger partial charge in [-0.1, -0.05) is 73.0 Å². The van der Waals surface area contributed by atoms with Gasteiger partial charge in [0.1, 0.15) is 0 Å². The topological polar surface area (TPSA) is 20.2 Å². The maximum absolute atomic E-state index is 10.3. The second-order valence-electron chi connectivity index (χ2n) is 13.5. The van der Waals surface area contributed by atoms with Crippen molar-refractivity contribution in [3.8, 4) is 0 Å². The van der Waals surface area contributed by atoms with Gasteiger partial charge in [0.05, 0.1) is 6.10 Å². The number of fused-ring (bicyclic) bond motifs is 5. The van der Waals surface area contributed by atoms with Crippen LogP contribution in [-0.2, 0) is 0 Å². The molecule has 4 aliphatic rings. The highest BCUT2D eigenvalue weighted by Gasteiger charge is 2.63. The highest BCUT2D eigenvalue weighted by Crippen LogP contribution is 2.71. The quantitative estimate of drug-likeness (QED) is 0.421. The fourth-order valence-corrected chi connectivity index (χ4v) is 9.51. The van der Waals surface area contributed by atoms with Crippen molar-refractivity contribution in [2.75, 3.05) is 0 Å². The van der Waals surface area contributed by atoms with Crippen molar-refractivity contribution in [2.24, 2.45) is 51.8 Å². The number of allylic oxidation sites excluding steroid dienone is 2. The molecule has 3 fully saturated rings. The van der Waals surface area contributed by atoms with Crippen LogP contribution in [0.3, 0.4) is 0 Å². The van der Waals surface area contributed by atoms with Gasteiger partial charge >= 0.3 is 0 Å². The zero-order valence-electron chi connectivity index (χ0n) is 21.8. The van der Waals surface area contributed by atoms with Crippen molar-refractivity contribution in [1.29, 1.82) is 0 Å². The molecule has 4 rings (SSSR count). The summed E-state index contributed by atoms with van der Waals surface area (Å²) in [5.41, 5.74) is 3.14. The molecular formula is C30H52O. The van der Waals surface area contributed by atoms with Crippen LogP contribution in [0.15, 0.2) is 11.6 Å². The van der Waals surface area contributed by atoms with Gasteiger partial charge < -0.3 is 5.11 Å². The minimum absolute atomic E-state index is 0.0471. The molecule has 0 aliphatic heterocycles. The monoisotopic (exact) mass is 428 g/mol. The Hall–Kier alpha value is -0.300. The Bertz CT molecular complexity index is 678. The summed E-state index contributed by atoms with van der Waals surface area (Å²) in [5, 5.41) is 10.3. The molecule has 0 aromatic heterocycles. The third-order valence-corrected chi connectivity index (χ3v) is 12.1. The Labute approximate surface area is 193 Å². The molecule has 0 aromatic rings. The lowest BCUT2D eigenvalue weighted by atomic mass is 9.44. The molecular weight excluding hydrogens is 376 g/mol. The highest BCUT2D eigenvalue weighted by molar-refractivity contribution is 5.31. The largest absolute Gasteiger partial charge is 0.393 e. The van der Waals surface area contributed by atoms with Crippen LogP contribution in [-0.4, -0.2) is 11.2 Å². The van der Waals surface area contributed by atoms with E-state index in [4.69, 9.17) is 0 Å². The summed E-state index contributed by atoms with van der Waals surface area (Å²) in [4.78, 5) is 0. The number of aliphatic hydroxyl groups excluding tert-OH is 1. The molecule has 31 heavy (non-hydrogen) atoms. The Morgan fingerprint density at radius 2 is 1.71 bits per heavy atom. The minimum atomic E-state index is -0.0471. The smallest absolute Gasteiger partial charge is 0.0543 e. The molecule has 0 unspecified atom stereocenters. The van der Waals surface area contributed by atoms with Gasteiger partial charge in [-0.05, 0) is 110 Å². The van der Waals surface area contributed by atoms with Gasteiger partial charge in [-0.25, -0.2) is 0 Å². The summed E-state index contributed by atoms with van der Waals surface area (Å²) >= 11 is 0. The maximum atomic E-state index is 10.3.